The average Bonchev–Trinajstić information content (AvgIpc) is 2.59. The van der Waals surface area contributed by atoms with Crippen LogP contribution in [-0.2, 0) is 4.79 Å². The summed E-state index contributed by atoms with van der Waals surface area (Å²) in [6.07, 6.45) is 3.26. The summed E-state index contributed by atoms with van der Waals surface area (Å²) in [5, 5.41) is 0.601. The maximum absolute atomic E-state index is 12.4. The summed E-state index contributed by atoms with van der Waals surface area (Å²) in [5.41, 5.74) is 1.87. The van der Waals surface area contributed by atoms with Crippen LogP contribution in [0.25, 0.3) is 6.08 Å². The fourth-order valence-corrected chi connectivity index (χ4v) is 2.44. The summed E-state index contributed by atoms with van der Waals surface area (Å²) < 4.78 is 5.28. The van der Waals surface area contributed by atoms with E-state index in [2.05, 4.69) is 0 Å². The number of likely N-dealkylation sites (N-methyl/N-ethyl adjacent to an activating group) is 1. The van der Waals surface area contributed by atoms with E-state index in [9.17, 15) is 4.79 Å². The van der Waals surface area contributed by atoms with Crippen molar-refractivity contribution in [3.63, 3.8) is 0 Å². The Kier molecular flexibility index (Phi) is 5.83. The molecular weight excluding hydrogens is 310 g/mol. The summed E-state index contributed by atoms with van der Waals surface area (Å²) in [7, 11) is 3.38. The third-order valence-corrected chi connectivity index (χ3v) is 4.04. The van der Waals surface area contributed by atoms with Crippen LogP contribution in [0.5, 0.6) is 5.75 Å². The van der Waals surface area contributed by atoms with Gasteiger partial charge in [-0.2, -0.15) is 0 Å². The fourth-order valence-electron chi connectivity index (χ4n) is 2.26. The van der Waals surface area contributed by atoms with Crippen molar-refractivity contribution in [3.05, 3.63) is 70.8 Å². The van der Waals surface area contributed by atoms with Crippen molar-refractivity contribution in [1.82, 2.24) is 4.90 Å². The van der Waals surface area contributed by atoms with E-state index in [1.54, 1.807) is 43.3 Å². The maximum Gasteiger partial charge on any atom is 0.246 e. The number of ether oxygens (including phenoxy) is 1. The molecule has 23 heavy (non-hydrogen) atoms. The zero-order valence-corrected chi connectivity index (χ0v) is 14.2. The van der Waals surface area contributed by atoms with Crippen molar-refractivity contribution in [1.29, 1.82) is 0 Å². The van der Waals surface area contributed by atoms with Crippen LogP contribution in [0, 0.1) is 0 Å². The lowest BCUT2D eigenvalue weighted by molar-refractivity contribution is -0.126. The summed E-state index contributed by atoms with van der Waals surface area (Å²) in [4.78, 5) is 14.1. The minimum Gasteiger partial charge on any atom is -0.496 e. The Balaban J connectivity index is 2.13. The molecule has 0 aliphatic rings. The molecule has 0 fully saturated rings. The molecule has 0 aromatic heterocycles. The van der Waals surface area contributed by atoms with E-state index in [-0.39, 0.29) is 11.9 Å². The van der Waals surface area contributed by atoms with Gasteiger partial charge in [-0.1, -0.05) is 41.9 Å². The Morgan fingerprint density at radius 3 is 2.57 bits per heavy atom. The highest BCUT2D eigenvalue weighted by Crippen LogP contribution is 2.24. The number of hydrogen-bond acceptors (Lipinski definition) is 2. The summed E-state index contributed by atoms with van der Waals surface area (Å²) >= 11 is 6.00. The molecule has 0 N–H and O–H groups in total. The lowest BCUT2D eigenvalue weighted by atomic mass is 10.1. The highest BCUT2D eigenvalue weighted by atomic mass is 35.5. The summed E-state index contributed by atoms with van der Waals surface area (Å²) in [5.74, 6) is 0.598. The molecule has 0 aliphatic carbocycles. The second-order valence-corrected chi connectivity index (χ2v) is 5.69. The summed E-state index contributed by atoms with van der Waals surface area (Å²) in [6.45, 7) is 2.00. The molecule has 0 heterocycles. The fraction of sp³-hybridized carbons (Fsp3) is 0.211. The van der Waals surface area contributed by atoms with Crippen LogP contribution in [0.3, 0.4) is 0 Å². The van der Waals surface area contributed by atoms with E-state index >= 15 is 0 Å². The van der Waals surface area contributed by atoms with Crippen molar-refractivity contribution in [2.24, 2.45) is 0 Å². The maximum atomic E-state index is 12.4. The number of carbonyl (C=O) groups excluding carboxylic acids is 1. The molecule has 1 atom stereocenters. The van der Waals surface area contributed by atoms with E-state index in [1.807, 2.05) is 37.3 Å². The number of hydrogen-bond donors (Lipinski definition) is 0. The molecule has 1 unspecified atom stereocenters. The predicted molar refractivity (Wildman–Crippen MR) is 94.7 cm³/mol. The van der Waals surface area contributed by atoms with Gasteiger partial charge in [-0.3, -0.25) is 4.79 Å². The van der Waals surface area contributed by atoms with Gasteiger partial charge < -0.3 is 9.64 Å². The van der Waals surface area contributed by atoms with E-state index in [0.29, 0.717) is 10.8 Å². The molecule has 4 heteroatoms. The molecule has 0 aliphatic heterocycles. The minimum absolute atomic E-state index is 0.00499. The topological polar surface area (TPSA) is 29.5 Å². The largest absolute Gasteiger partial charge is 0.496 e. The van der Waals surface area contributed by atoms with Crippen LogP contribution in [0.2, 0.25) is 5.02 Å². The number of rotatable bonds is 5. The van der Waals surface area contributed by atoms with E-state index < -0.39 is 0 Å². The zero-order valence-electron chi connectivity index (χ0n) is 13.5. The van der Waals surface area contributed by atoms with Gasteiger partial charge >= 0.3 is 0 Å². The highest BCUT2D eigenvalue weighted by Gasteiger charge is 2.15. The molecule has 2 aromatic carbocycles. The van der Waals surface area contributed by atoms with Gasteiger partial charge in [0.1, 0.15) is 5.75 Å². The van der Waals surface area contributed by atoms with Gasteiger partial charge in [0.2, 0.25) is 5.91 Å². The van der Waals surface area contributed by atoms with Crippen LogP contribution < -0.4 is 4.74 Å². The molecular formula is C19H20ClNO2. The highest BCUT2D eigenvalue weighted by molar-refractivity contribution is 6.30. The number of carbonyl (C=O) groups is 1. The molecule has 120 valence electrons. The monoisotopic (exact) mass is 329 g/mol. The SMILES string of the molecule is COc1ccc(Cl)cc1/C=C/C(=O)N(C)C(C)c1ccccc1. The molecule has 2 aromatic rings. The summed E-state index contributed by atoms with van der Waals surface area (Å²) in [6, 6.07) is 15.2. The number of nitrogens with zero attached hydrogens (tertiary/aromatic N) is 1. The van der Waals surface area contributed by atoms with Gasteiger partial charge in [0.15, 0.2) is 0 Å². The van der Waals surface area contributed by atoms with Gasteiger partial charge in [-0.05, 0) is 36.8 Å². The van der Waals surface area contributed by atoms with Crippen LogP contribution in [0.15, 0.2) is 54.6 Å². The molecule has 0 spiro atoms. The molecule has 3 nitrogen and oxygen atoms in total. The van der Waals surface area contributed by atoms with Crippen LogP contribution in [0.1, 0.15) is 24.1 Å². The second kappa shape index (κ2) is 7.84. The number of halogens is 1. The lowest BCUT2D eigenvalue weighted by Gasteiger charge is -2.24. The number of benzene rings is 2. The Labute approximate surface area is 142 Å². The van der Waals surface area contributed by atoms with Crippen LogP contribution in [0.4, 0.5) is 0 Å². The van der Waals surface area contributed by atoms with Crippen molar-refractivity contribution in [3.8, 4) is 5.75 Å². The molecule has 0 bridgehead atoms. The Hall–Kier alpha value is -2.26. The molecule has 0 saturated carbocycles. The average molecular weight is 330 g/mol. The third-order valence-electron chi connectivity index (χ3n) is 3.81. The first-order valence-electron chi connectivity index (χ1n) is 7.36. The Bertz CT molecular complexity index is 698. The van der Waals surface area contributed by atoms with Gasteiger partial charge in [0, 0.05) is 23.7 Å². The lowest BCUT2D eigenvalue weighted by Crippen LogP contribution is -2.27. The van der Waals surface area contributed by atoms with Crippen LogP contribution in [-0.4, -0.2) is 25.0 Å². The van der Waals surface area contributed by atoms with E-state index in [4.69, 9.17) is 16.3 Å². The minimum atomic E-state index is -0.0802. The van der Waals surface area contributed by atoms with Gasteiger partial charge in [0.05, 0.1) is 13.2 Å². The van der Waals surface area contributed by atoms with Gasteiger partial charge in [-0.15, -0.1) is 0 Å². The molecule has 1 amide bonds. The van der Waals surface area contributed by atoms with E-state index in [1.165, 1.54) is 6.08 Å². The van der Waals surface area contributed by atoms with Crippen molar-refractivity contribution in [2.45, 2.75) is 13.0 Å². The first kappa shape index (κ1) is 17.1. The number of methoxy groups -OCH3 is 1. The quantitative estimate of drug-likeness (QED) is 0.751. The molecule has 0 saturated heterocycles. The van der Waals surface area contributed by atoms with Crippen LogP contribution >= 0.6 is 11.6 Å². The van der Waals surface area contributed by atoms with Crippen molar-refractivity contribution < 1.29 is 9.53 Å². The van der Waals surface area contributed by atoms with E-state index in [0.717, 1.165) is 11.1 Å². The normalized spacial score (nSPS) is 12.2. The zero-order chi connectivity index (χ0) is 16.8. The second-order valence-electron chi connectivity index (χ2n) is 5.26. The smallest absolute Gasteiger partial charge is 0.246 e. The number of amides is 1. The first-order chi connectivity index (χ1) is 11.0. The van der Waals surface area contributed by atoms with Gasteiger partial charge in [-0.25, -0.2) is 0 Å². The van der Waals surface area contributed by atoms with Crippen molar-refractivity contribution in [2.75, 3.05) is 14.2 Å². The first-order valence-corrected chi connectivity index (χ1v) is 7.74. The third kappa shape index (κ3) is 4.36. The van der Waals surface area contributed by atoms with Crippen molar-refractivity contribution >= 4 is 23.6 Å². The molecule has 2 rings (SSSR count). The standard InChI is InChI=1S/C19H20ClNO2/c1-14(15-7-5-4-6-8-15)21(2)19(22)12-9-16-13-17(20)10-11-18(16)23-3/h4-14H,1-3H3/b12-9+. The molecule has 0 radical (unpaired) electrons. The predicted octanol–water partition coefficient (Wildman–Crippen LogP) is 4.58. The Morgan fingerprint density at radius 1 is 1.22 bits per heavy atom. The van der Waals surface area contributed by atoms with Gasteiger partial charge in [0.25, 0.3) is 0 Å². The Morgan fingerprint density at radius 2 is 1.91 bits per heavy atom.